The molecule has 0 saturated carbocycles. The van der Waals surface area contributed by atoms with Crippen LogP contribution in [0.4, 0.5) is 4.39 Å². The number of pyridine rings is 2. The molecule has 0 bridgehead atoms. The number of halogens is 1. The largest absolute Gasteiger partial charge is 0.478 e. The van der Waals surface area contributed by atoms with Crippen LogP contribution >= 0.6 is 0 Å². The summed E-state index contributed by atoms with van der Waals surface area (Å²) in [7, 11) is 0. The van der Waals surface area contributed by atoms with Crippen LogP contribution in [0.25, 0.3) is 33.4 Å². The molecule has 1 aliphatic rings. The summed E-state index contributed by atoms with van der Waals surface area (Å²) in [5.41, 5.74) is 5.99. The molecule has 142 valence electrons. The Balaban J connectivity index is 1.77. The van der Waals surface area contributed by atoms with Gasteiger partial charge in [-0.05, 0) is 66.8 Å². The van der Waals surface area contributed by atoms with Gasteiger partial charge in [-0.15, -0.1) is 0 Å². The Morgan fingerprint density at radius 1 is 1.03 bits per heavy atom. The van der Waals surface area contributed by atoms with Crippen molar-refractivity contribution in [3.8, 4) is 22.5 Å². The molecule has 0 saturated heterocycles. The van der Waals surface area contributed by atoms with Gasteiger partial charge in [-0.1, -0.05) is 18.2 Å². The maximum absolute atomic E-state index is 13.8. The van der Waals surface area contributed by atoms with Crippen molar-refractivity contribution in [3.63, 3.8) is 0 Å². The monoisotopic (exact) mass is 384 g/mol. The molecule has 5 heteroatoms. The van der Waals surface area contributed by atoms with Crippen LogP contribution in [0.1, 0.15) is 27.9 Å². The zero-order chi connectivity index (χ0) is 20.0. The van der Waals surface area contributed by atoms with Crippen molar-refractivity contribution in [2.24, 2.45) is 0 Å². The minimum atomic E-state index is -1.05. The fraction of sp³-hybridized carbons (Fsp3) is 0.125. The van der Waals surface area contributed by atoms with Gasteiger partial charge in [0.2, 0.25) is 0 Å². The van der Waals surface area contributed by atoms with Crippen molar-refractivity contribution < 1.29 is 14.3 Å². The highest BCUT2D eigenvalue weighted by Gasteiger charge is 2.25. The van der Waals surface area contributed by atoms with Crippen molar-refractivity contribution in [3.05, 3.63) is 83.3 Å². The lowest BCUT2D eigenvalue weighted by Crippen LogP contribution is -2.07. The highest BCUT2D eigenvalue weighted by Crippen LogP contribution is 2.37. The van der Waals surface area contributed by atoms with Gasteiger partial charge in [-0.3, -0.25) is 4.98 Å². The van der Waals surface area contributed by atoms with E-state index in [2.05, 4.69) is 11.1 Å². The molecule has 0 amide bonds. The second-order valence-corrected chi connectivity index (χ2v) is 7.22. The Morgan fingerprint density at radius 2 is 1.93 bits per heavy atom. The number of carboxylic acids is 1. The highest BCUT2D eigenvalue weighted by molar-refractivity contribution is 6.06. The molecule has 1 aliphatic carbocycles. The highest BCUT2D eigenvalue weighted by atomic mass is 19.1. The maximum atomic E-state index is 13.8. The maximum Gasteiger partial charge on any atom is 0.336 e. The van der Waals surface area contributed by atoms with E-state index in [0.717, 1.165) is 35.2 Å². The number of benzene rings is 2. The van der Waals surface area contributed by atoms with E-state index in [9.17, 15) is 14.3 Å². The second-order valence-electron chi connectivity index (χ2n) is 7.22. The molecule has 0 unspecified atom stereocenters. The minimum Gasteiger partial charge on any atom is -0.478 e. The Morgan fingerprint density at radius 3 is 2.72 bits per heavy atom. The molecule has 29 heavy (non-hydrogen) atoms. The Hall–Kier alpha value is -3.60. The number of carbonyl (C=O) groups is 1. The van der Waals surface area contributed by atoms with Crippen molar-refractivity contribution in [1.82, 2.24) is 9.97 Å². The van der Waals surface area contributed by atoms with E-state index < -0.39 is 11.8 Å². The number of rotatable bonds is 2. The second kappa shape index (κ2) is 6.78. The molecular weight excluding hydrogens is 367 g/mol. The molecule has 2 heterocycles. The molecule has 2 aromatic carbocycles. The van der Waals surface area contributed by atoms with Crippen LogP contribution in [-0.4, -0.2) is 21.0 Å². The van der Waals surface area contributed by atoms with Crippen molar-refractivity contribution >= 4 is 16.9 Å². The number of hydrogen-bond donors (Lipinski definition) is 1. The lowest BCUT2D eigenvalue weighted by molar-refractivity contribution is 0.0698. The third kappa shape index (κ3) is 2.95. The van der Waals surface area contributed by atoms with Crippen LogP contribution < -0.4 is 0 Å². The van der Waals surface area contributed by atoms with E-state index in [-0.39, 0.29) is 5.56 Å². The van der Waals surface area contributed by atoms with Gasteiger partial charge >= 0.3 is 5.97 Å². The van der Waals surface area contributed by atoms with E-state index in [1.807, 2.05) is 30.3 Å². The van der Waals surface area contributed by atoms with Gasteiger partial charge in [-0.25, -0.2) is 14.2 Å². The standard InChI is InChI=1S/C24H17FN2O2/c25-16-8-10-21-19(13-16)22(24(28)29)18-5-3-4-14-12-15(20-6-1-2-11-26-20)7-9-17(14)23(18)27-21/h1-2,6-13H,3-5H2,(H,28,29). The van der Waals surface area contributed by atoms with Gasteiger partial charge in [0.15, 0.2) is 0 Å². The van der Waals surface area contributed by atoms with Gasteiger partial charge in [0.1, 0.15) is 5.82 Å². The number of aryl methyl sites for hydroxylation is 1. The van der Waals surface area contributed by atoms with Gasteiger partial charge in [0, 0.05) is 22.7 Å². The SMILES string of the molecule is O=C(O)c1c2c(nc3ccc(F)cc13)-c1ccc(-c3ccccn3)cc1CCC2. The number of carboxylic acid groups (broad SMARTS) is 1. The normalized spacial score (nSPS) is 12.9. The van der Waals surface area contributed by atoms with E-state index in [0.29, 0.717) is 28.6 Å². The van der Waals surface area contributed by atoms with E-state index in [4.69, 9.17) is 4.98 Å². The topological polar surface area (TPSA) is 63.1 Å². The summed E-state index contributed by atoms with van der Waals surface area (Å²) in [6.07, 6.45) is 3.97. The number of fused-ring (bicyclic) bond motifs is 4. The van der Waals surface area contributed by atoms with Crippen LogP contribution in [0.15, 0.2) is 60.8 Å². The lowest BCUT2D eigenvalue weighted by Gasteiger charge is -2.14. The zero-order valence-electron chi connectivity index (χ0n) is 15.5. The minimum absolute atomic E-state index is 0.158. The summed E-state index contributed by atoms with van der Waals surface area (Å²) in [6, 6.07) is 16.0. The molecule has 1 N–H and O–H groups in total. The Labute approximate surface area is 166 Å². The first-order chi connectivity index (χ1) is 14.1. The van der Waals surface area contributed by atoms with Crippen LogP contribution in [-0.2, 0) is 12.8 Å². The smallest absolute Gasteiger partial charge is 0.336 e. The molecule has 0 radical (unpaired) electrons. The van der Waals surface area contributed by atoms with Crippen molar-refractivity contribution in [1.29, 1.82) is 0 Å². The number of aromatic carboxylic acids is 1. The fourth-order valence-corrected chi connectivity index (χ4v) is 4.17. The fourth-order valence-electron chi connectivity index (χ4n) is 4.17. The van der Waals surface area contributed by atoms with E-state index >= 15 is 0 Å². The zero-order valence-corrected chi connectivity index (χ0v) is 15.5. The molecule has 5 rings (SSSR count). The third-order valence-electron chi connectivity index (χ3n) is 5.46. The van der Waals surface area contributed by atoms with Gasteiger partial charge in [0.25, 0.3) is 0 Å². The summed E-state index contributed by atoms with van der Waals surface area (Å²) in [6.45, 7) is 0. The van der Waals surface area contributed by atoms with Gasteiger partial charge in [0.05, 0.1) is 22.5 Å². The molecular formula is C24H17FN2O2. The first-order valence-corrected chi connectivity index (χ1v) is 9.52. The molecule has 4 aromatic rings. The first kappa shape index (κ1) is 17.5. The summed E-state index contributed by atoms with van der Waals surface area (Å²) >= 11 is 0. The van der Waals surface area contributed by atoms with Crippen LogP contribution in [0.3, 0.4) is 0 Å². The van der Waals surface area contributed by atoms with Gasteiger partial charge < -0.3 is 5.11 Å². The summed E-state index contributed by atoms with van der Waals surface area (Å²) in [5.74, 6) is -1.51. The predicted molar refractivity (Wildman–Crippen MR) is 109 cm³/mol. The lowest BCUT2D eigenvalue weighted by atomic mass is 9.94. The molecule has 0 aliphatic heterocycles. The average molecular weight is 384 g/mol. The molecule has 0 fully saturated rings. The third-order valence-corrected chi connectivity index (χ3v) is 5.46. The summed E-state index contributed by atoms with van der Waals surface area (Å²) in [4.78, 5) is 21.3. The predicted octanol–water partition coefficient (Wildman–Crippen LogP) is 5.29. The van der Waals surface area contributed by atoms with Crippen LogP contribution in [0, 0.1) is 5.82 Å². The number of aromatic nitrogens is 2. The first-order valence-electron chi connectivity index (χ1n) is 9.52. The number of nitrogens with zero attached hydrogens (tertiary/aromatic N) is 2. The molecule has 4 nitrogen and oxygen atoms in total. The Kier molecular flexibility index (Phi) is 4.09. The van der Waals surface area contributed by atoms with E-state index in [1.54, 1.807) is 12.3 Å². The molecule has 0 atom stereocenters. The average Bonchev–Trinajstić information content (AvgIpc) is 2.91. The van der Waals surface area contributed by atoms with Crippen molar-refractivity contribution in [2.75, 3.05) is 0 Å². The molecule has 0 spiro atoms. The summed E-state index contributed by atoms with van der Waals surface area (Å²) in [5, 5.41) is 10.3. The molecule has 2 aromatic heterocycles. The van der Waals surface area contributed by atoms with E-state index in [1.165, 1.54) is 12.1 Å². The Bertz CT molecular complexity index is 1270. The quantitative estimate of drug-likeness (QED) is 0.510. The number of hydrogen-bond acceptors (Lipinski definition) is 3. The van der Waals surface area contributed by atoms with Crippen LogP contribution in [0.5, 0.6) is 0 Å². The van der Waals surface area contributed by atoms with Gasteiger partial charge in [-0.2, -0.15) is 0 Å². The summed E-state index contributed by atoms with van der Waals surface area (Å²) < 4.78 is 13.8. The van der Waals surface area contributed by atoms with Crippen LogP contribution in [0.2, 0.25) is 0 Å². The van der Waals surface area contributed by atoms with Crippen molar-refractivity contribution in [2.45, 2.75) is 19.3 Å².